The maximum atomic E-state index is 15.1. The predicted octanol–water partition coefficient (Wildman–Crippen LogP) is 11.0. The van der Waals surface area contributed by atoms with Crippen LogP contribution in [0.2, 0.25) is 0 Å². The molecule has 2 aliphatic carbocycles. The van der Waals surface area contributed by atoms with Gasteiger partial charge in [0.1, 0.15) is 17.5 Å². The van der Waals surface area contributed by atoms with Gasteiger partial charge in [-0.15, -0.1) is 0 Å². The van der Waals surface area contributed by atoms with Gasteiger partial charge in [0.2, 0.25) is 0 Å². The molecule has 2 aliphatic rings. The highest BCUT2D eigenvalue weighted by Gasteiger charge is 2.31. The lowest BCUT2D eigenvalue weighted by molar-refractivity contribution is -0.0790. The number of allylic oxidation sites excluding steroid dienone is 1. The zero-order valence-corrected chi connectivity index (χ0v) is 22.1. The monoisotopic (exact) mass is 536 g/mol. The molecule has 38 heavy (non-hydrogen) atoms. The molecule has 0 saturated heterocycles. The van der Waals surface area contributed by atoms with Crippen molar-refractivity contribution < 1.29 is 26.3 Å². The molecule has 0 heterocycles. The van der Waals surface area contributed by atoms with Crippen LogP contribution in [0, 0.1) is 35.2 Å². The van der Waals surface area contributed by atoms with Crippen LogP contribution in [0.3, 0.4) is 0 Å². The second-order valence-electron chi connectivity index (χ2n) is 11.4. The fourth-order valence-electron chi connectivity index (χ4n) is 6.65. The molecule has 0 atom stereocenters. The van der Waals surface area contributed by atoms with E-state index < -0.39 is 29.2 Å². The summed E-state index contributed by atoms with van der Waals surface area (Å²) in [6, 6.07) is 6.55. The first-order valence-corrected chi connectivity index (χ1v) is 14.2. The summed E-state index contributed by atoms with van der Waals surface area (Å²) in [5.74, 6) is -0.175. The zero-order valence-electron chi connectivity index (χ0n) is 22.1. The minimum Gasteiger partial charge on any atom is -0.206 e. The summed E-state index contributed by atoms with van der Waals surface area (Å²) in [5, 5.41) is 0. The molecule has 0 aromatic heterocycles. The van der Waals surface area contributed by atoms with Crippen LogP contribution in [0.25, 0.3) is 17.2 Å². The van der Waals surface area contributed by atoms with E-state index in [1.54, 1.807) is 0 Å². The third-order valence-electron chi connectivity index (χ3n) is 8.84. The lowest BCUT2D eigenvalue weighted by atomic mass is 9.68. The van der Waals surface area contributed by atoms with Gasteiger partial charge in [-0.1, -0.05) is 57.6 Å². The number of hydrogen-bond donors (Lipinski definition) is 0. The number of alkyl halides is 3. The van der Waals surface area contributed by atoms with Gasteiger partial charge in [0.15, 0.2) is 0 Å². The highest BCUT2D eigenvalue weighted by molar-refractivity contribution is 5.67. The minimum absolute atomic E-state index is 0.0299. The molecular weight excluding hydrogens is 498 g/mol. The molecule has 0 nitrogen and oxygen atoms in total. The van der Waals surface area contributed by atoms with Gasteiger partial charge in [-0.3, -0.25) is 0 Å². The maximum absolute atomic E-state index is 15.1. The molecule has 0 amide bonds. The summed E-state index contributed by atoms with van der Waals surface area (Å²) in [7, 11) is 0. The zero-order chi connectivity index (χ0) is 27.3. The van der Waals surface area contributed by atoms with Crippen LogP contribution in [0.5, 0.6) is 0 Å². The quantitative estimate of drug-likeness (QED) is 0.232. The highest BCUT2D eigenvalue weighted by atomic mass is 19.4. The minimum atomic E-state index is -4.69. The third kappa shape index (κ3) is 7.45. The number of benzene rings is 2. The molecule has 2 aromatic carbocycles. The van der Waals surface area contributed by atoms with Gasteiger partial charge in [0.25, 0.3) is 0 Å². The molecular formula is C32H38F6. The molecule has 2 saturated carbocycles. The van der Waals surface area contributed by atoms with Crippen LogP contribution in [0.4, 0.5) is 26.3 Å². The van der Waals surface area contributed by atoms with Gasteiger partial charge in [0, 0.05) is 17.2 Å². The molecule has 0 spiro atoms. The largest absolute Gasteiger partial charge is 0.409 e. The van der Waals surface area contributed by atoms with Gasteiger partial charge < -0.3 is 0 Å². The van der Waals surface area contributed by atoms with E-state index in [2.05, 4.69) is 6.92 Å². The maximum Gasteiger partial charge on any atom is 0.409 e. The number of halogens is 6. The Hall–Kier alpha value is -2.24. The second kappa shape index (κ2) is 12.7. The smallest absolute Gasteiger partial charge is 0.206 e. The van der Waals surface area contributed by atoms with Gasteiger partial charge in [-0.05, 0) is 97.6 Å². The normalized spacial score (nSPS) is 24.7. The fourth-order valence-corrected chi connectivity index (χ4v) is 6.65. The van der Waals surface area contributed by atoms with E-state index in [-0.39, 0.29) is 23.1 Å². The van der Waals surface area contributed by atoms with Crippen LogP contribution >= 0.6 is 0 Å². The molecule has 0 N–H and O–H groups in total. The summed E-state index contributed by atoms with van der Waals surface area (Å²) < 4.78 is 81.0. The Balaban J connectivity index is 1.35. The Morgan fingerprint density at radius 3 is 1.92 bits per heavy atom. The van der Waals surface area contributed by atoms with E-state index in [4.69, 9.17) is 0 Å². The molecule has 6 heteroatoms. The van der Waals surface area contributed by atoms with E-state index in [1.165, 1.54) is 63.5 Å². The van der Waals surface area contributed by atoms with Crippen molar-refractivity contribution in [3.63, 3.8) is 0 Å². The van der Waals surface area contributed by atoms with Crippen LogP contribution in [-0.4, -0.2) is 6.18 Å². The summed E-state index contributed by atoms with van der Waals surface area (Å²) in [4.78, 5) is 0. The van der Waals surface area contributed by atoms with Gasteiger partial charge in [-0.2, -0.15) is 13.2 Å². The molecule has 208 valence electrons. The van der Waals surface area contributed by atoms with Crippen molar-refractivity contribution in [2.24, 2.45) is 17.8 Å². The first-order chi connectivity index (χ1) is 18.1. The average Bonchev–Trinajstić information content (AvgIpc) is 2.88. The summed E-state index contributed by atoms with van der Waals surface area (Å²) in [6.45, 7) is 2.25. The SMILES string of the molecule is CCCCCC1CCC(C2CCC(c3ccc(-c4cc(F)c(/C=C/C(F)(F)F)c(F)c4)c(F)c3)CC2)CC1. The summed E-state index contributed by atoms with van der Waals surface area (Å²) in [6.07, 6.45) is 10.6. The van der Waals surface area contributed by atoms with Crippen molar-refractivity contribution in [3.05, 3.63) is 65.0 Å². The highest BCUT2D eigenvalue weighted by Crippen LogP contribution is 2.45. The number of rotatable bonds is 8. The Labute approximate surface area is 222 Å². The standard InChI is InChI=1S/C32H38F6/c1-2-3-4-5-21-6-8-22(9-7-21)23-10-12-24(13-11-23)25-14-15-27(29(33)18-25)26-19-30(34)28(31(35)20-26)16-17-32(36,37)38/h14-24H,2-13H2,1H3/b17-16+. The van der Waals surface area contributed by atoms with Gasteiger partial charge in [0.05, 0.1) is 0 Å². The van der Waals surface area contributed by atoms with E-state index in [9.17, 15) is 22.0 Å². The molecule has 0 aliphatic heterocycles. The van der Waals surface area contributed by atoms with Crippen molar-refractivity contribution in [2.45, 2.75) is 96.1 Å². The van der Waals surface area contributed by atoms with Gasteiger partial charge >= 0.3 is 6.18 Å². The molecule has 2 fully saturated rings. The Kier molecular flexibility index (Phi) is 9.64. The summed E-state index contributed by atoms with van der Waals surface area (Å²) >= 11 is 0. The van der Waals surface area contributed by atoms with E-state index >= 15 is 4.39 Å². The molecule has 0 radical (unpaired) electrons. The van der Waals surface area contributed by atoms with Gasteiger partial charge in [-0.25, -0.2) is 13.2 Å². The lowest BCUT2D eigenvalue weighted by Crippen LogP contribution is -2.25. The van der Waals surface area contributed by atoms with E-state index in [1.807, 2.05) is 6.07 Å². The number of unbranched alkanes of at least 4 members (excludes halogenated alkanes) is 2. The second-order valence-corrected chi connectivity index (χ2v) is 11.4. The van der Waals surface area contributed by atoms with E-state index in [0.717, 1.165) is 61.1 Å². The van der Waals surface area contributed by atoms with Crippen molar-refractivity contribution in [1.29, 1.82) is 0 Å². The first kappa shape index (κ1) is 28.8. The molecule has 0 unspecified atom stereocenters. The van der Waals surface area contributed by atoms with Crippen molar-refractivity contribution in [1.82, 2.24) is 0 Å². The number of hydrogen-bond acceptors (Lipinski definition) is 0. The molecule has 0 bridgehead atoms. The Bertz CT molecular complexity index is 1060. The molecule has 4 rings (SSSR count). The third-order valence-corrected chi connectivity index (χ3v) is 8.84. The van der Waals surface area contributed by atoms with E-state index in [0.29, 0.717) is 6.08 Å². The van der Waals surface area contributed by atoms with Crippen molar-refractivity contribution >= 4 is 6.08 Å². The fraction of sp³-hybridized carbons (Fsp3) is 0.562. The van der Waals surface area contributed by atoms with Crippen molar-refractivity contribution in [3.8, 4) is 11.1 Å². The van der Waals surface area contributed by atoms with Crippen LogP contribution < -0.4 is 0 Å². The van der Waals surface area contributed by atoms with Crippen molar-refractivity contribution in [2.75, 3.05) is 0 Å². The van der Waals surface area contributed by atoms with Crippen LogP contribution in [0.1, 0.15) is 101 Å². The Morgan fingerprint density at radius 1 is 0.763 bits per heavy atom. The molecule has 2 aromatic rings. The summed E-state index contributed by atoms with van der Waals surface area (Å²) in [5.41, 5.74) is 0.0874. The predicted molar refractivity (Wildman–Crippen MR) is 141 cm³/mol. The Morgan fingerprint density at radius 2 is 1.37 bits per heavy atom. The van der Waals surface area contributed by atoms with Crippen LogP contribution in [-0.2, 0) is 0 Å². The average molecular weight is 537 g/mol. The first-order valence-electron chi connectivity index (χ1n) is 14.2. The topological polar surface area (TPSA) is 0 Å². The lowest BCUT2D eigenvalue weighted by Gasteiger charge is -2.38. The van der Waals surface area contributed by atoms with Crippen LogP contribution in [0.15, 0.2) is 36.4 Å².